The van der Waals surface area contributed by atoms with E-state index in [-0.39, 0.29) is 0 Å². The van der Waals surface area contributed by atoms with Crippen molar-refractivity contribution in [1.82, 2.24) is 0 Å². The van der Waals surface area contributed by atoms with Crippen LogP contribution in [0.25, 0.3) is 0 Å². The van der Waals surface area contributed by atoms with Gasteiger partial charge in [-0.05, 0) is 31.6 Å². The Morgan fingerprint density at radius 2 is 2.07 bits per heavy atom. The first kappa shape index (κ1) is 10.7. The van der Waals surface area contributed by atoms with Crippen LogP contribution < -0.4 is 0 Å². The Balaban J connectivity index is 2.15. The summed E-state index contributed by atoms with van der Waals surface area (Å²) in [5.74, 6) is -0.115. The minimum Gasteiger partial charge on any atom is -0.388 e. The highest BCUT2D eigenvalue weighted by Crippen LogP contribution is 2.49. The molecule has 1 aliphatic carbocycles. The molecule has 86 valence electrons. The van der Waals surface area contributed by atoms with E-state index >= 15 is 0 Å². The first-order chi connectivity index (χ1) is 6.86. The molecule has 1 N–H and O–H groups in total. The van der Waals surface area contributed by atoms with Crippen LogP contribution in [0, 0.1) is 11.8 Å². The summed E-state index contributed by atoms with van der Waals surface area (Å²) < 4.78 is 10.1. The molecule has 2 fully saturated rings. The third-order valence-corrected chi connectivity index (χ3v) is 3.79. The molecular formula is C11H18O4. The van der Waals surface area contributed by atoms with Gasteiger partial charge < -0.3 is 14.6 Å². The second-order valence-electron chi connectivity index (χ2n) is 5.23. The standard InChI is InChI=1S/C11H18O4/c1-7(2)8-4-5-10(3,13)11(6-8)14-9(12)15-11/h7-8,13H,4-6H2,1-3H3. The molecule has 0 aromatic rings. The highest BCUT2D eigenvalue weighted by atomic mass is 16.9. The average molecular weight is 214 g/mol. The van der Waals surface area contributed by atoms with Crippen molar-refractivity contribution < 1.29 is 19.4 Å². The van der Waals surface area contributed by atoms with Crippen molar-refractivity contribution in [3.63, 3.8) is 0 Å². The molecular weight excluding hydrogens is 196 g/mol. The van der Waals surface area contributed by atoms with Gasteiger partial charge in [0.25, 0.3) is 5.79 Å². The van der Waals surface area contributed by atoms with Crippen LogP contribution in [0.2, 0.25) is 0 Å². The van der Waals surface area contributed by atoms with Gasteiger partial charge in [-0.2, -0.15) is 0 Å². The lowest BCUT2D eigenvalue weighted by Gasteiger charge is -2.53. The van der Waals surface area contributed by atoms with Crippen molar-refractivity contribution in [1.29, 1.82) is 0 Å². The van der Waals surface area contributed by atoms with Gasteiger partial charge in [0.2, 0.25) is 0 Å². The van der Waals surface area contributed by atoms with E-state index in [0.717, 1.165) is 6.42 Å². The highest BCUT2D eigenvalue weighted by molar-refractivity contribution is 5.66. The fourth-order valence-corrected chi connectivity index (χ4v) is 2.47. The number of hydrogen-bond acceptors (Lipinski definition) is 4. The quantitative estimate of drug-likeness (QED) is 0.679. The summed E-state index contributed by atoms with van der Waals surface area (Å²) in [5.41, 5.74) is -1.05. The normalized spacial score (nSPS) is 38.5. The summed E-state index contributed by atoms with van der Waals surface area (Å²) in [5, 5.41) is 10.2. The van der Waals surface area contributed by atoms with Gasteiger partial charge in [-0.1, -0.05) is 13.8 Å². The van der Waals surface area contributed by atoms with Gasteiger partial charge in [0.1, 0.15) is 5.60 Å². The molecule has 1 saturated heterocycles. The highest BCUT2D eigenvalue weighted by Gasteiger charge is 2.64. The molecule has 4 heteroatoms. The Morgan fingerprint density at radius 1 is 1.47 bits per heavy atom. The SMILES string of the molecule is CC(C)C1CCC(C)(O)C2(C1)OC(=O)O2. The lowest BCUT2D eigenvalue weighted by Crippen LogP contribution is -2.67. The van der Waals surface area contributed by atoms with Gasteiger partial charge in [-0.15, -0.1) is 0 Å². The van der Waals surface area contributed by atoms with Crippen LogP contribution in [0.4, 0.5) is 4.79 Å². The number of rotatable bonds is 1. The Bertz CT molecular complexity index is 274. The van der Waals surface area contributed by atoms with Crippen molar-refractivity contribution >= 4 is 6.16 Å². The molecule has 1 spiro atoms. The maximum atomic E-state index is 10.8. The van der Waals surface area contributed by atoms with Crippen LogP contribution in [-0.2, 0) is 9.47 Å². The summed E-state index contributed by atoms with van der Waals surface area (Å²) in [6, 6.07) is 0. The van der Waals surface area contributed by atoms with Crippen LogP contribution in [0.1, 0.15) is 40.0 Å². The number of carbonyl (C=O) groups excluding carboxylic acids is 1. The van der Waals surface area contributed by atoms with Crippen LogP contribution in [-0.4, -0.2) is 22.7 Å². The summed E-state index contributed by atoms with van der Waals surface area (Å²) in [6.45, 7) is 5.95. The average Bonchev–Trinajstić information content (AvgIpc) is 2.06. The molecule has 1 saturated carbocycles. The molecule has 0 bridgehead atoms. The Hall–Kier alpha value is -0.770. The van der Waals surface area contributed by atoms with Gasteiger partial charge in [0.05, 0.1) is 0 Å². The number of carbonyl (C=O) groups is 1. The number of ether oxygens (including phenoxy) is 2. The van der Waals surface area contributed by atoms with E-state index in [1.165, 1.54) is 0 Å². The second kappa shape index (κ2) is 3.11. The zero-order chi connectivity index (χ0) is 11.3. The van der Waals surface area contributed by atoms with Crippen molar-refractivity contribution in [3.05, 3.63) is 0 Å². The molecule has 0 aromatic heterocycles. The van der Waals surface area contributed by atoms with E-state index in [2.05, 4.69) is 13.8 Å². The maximum absolute atomic E-state index is 10.8. The fourth-order valence-electron chi connectivity index (χ4n) is 2.47. The van der Waals surface area contributed by atoms with Gasteiger partial charge >= 0.3 is 6.16 Å². The summed E-state index contributed by atoms with van der Waals surface area (Å²) in [7, 11) is 0. The summed E-state index contributed by atoms with van der Waals surface area (Å²) in [4.78, 5) is 10.8. The summed E-state index contributed by atoms with van der Waals surface area (Å²) in [6.07, 6.45) is 1.50. The molecule has 1 aliphatic heterocycles. The number of hydrogen-bond donors (Lipinski definition) is 1. The second-order valence-corrected chi connectivity index (χ2v) is 5.23. The predicted molar refractivity (Wildman–Crippen MR) is 53.1 cm³/mol. The van der Waals surface area contributed by atoms with Crippen LogP contribution in [0.3, 0.4) is 0 Å². The van der Waals surface area contributed by atoms with Gasteiger partial charge in [0.15, 0.2) is 0 Å². The fraction of sp³-hybridized carbons (Fsp3) is 0.909. The zero-order valence-electron chi connectivity index (χ0n) is 9.45. The van der Waals surface area contributed by atoms with Crippen LogP contribution in [0.15, 0.2) is 0 Å². The van der Waals surface area contributed by atoms with Crippen molar-refractivity contribution in [3.8, 4) is 0 Å². The molecule has 2 aliphatic rings. The largest absolute Gasteiger partial charge is 0.515 e. The lowest BCUT2D eigenvalue weighted by molar-refractivity contribution is -0.361. The van der Waals surface area contributed by atoms with E-state index in [4.69, 9.17) is 9.47 Å². The van der Waals surface area contributed by atoms with Gasteiger partial charge in [-0.3, -0.25) is 0 Å². The summed E-state index contributed by atoms with van der Waals surface area (Å²) >= 11 is 0. The van der Waals surface area contributed by atoms with Gasteiger partial charge in [-0.25, -0.2) is 4.79 Å². The van der Waals surface area contributed by atoms with E-state index in [1.807, 2.05) is 0 Å². The molecule has 0 amide bonds. The Kier molecular flexibility index (Phi) is 2.23. The minimum atomic E-state index is -1.07. The van der Waals surface area contributed by atoms with Crippen molar-refractivity contribution in [2.75, 3.05) is 0 Å². The smallest absolute Gasteiger partial charge is 0.388 e. The monoisotopic (exact) mass is 214 g/mol. The molecule has 0 aromatic carbocycles. The Labute approximate surface area is 89.6 Å². The maximum Gasteiger partial charge on any atom is 0.515 e. The molecule has 2 rings (SSSR count). The first-order valence-corrected chi connectivity index (χ1v) is 5.51. The third-order valence-electron chi connectivity index (χ3n) is 3.79. The molecule has 4 nitrogen and oxygen atoms in total. The minimum absolute atomic E-state index is 0.443. The first-order valence-electron chi connectivity index (χ1n) is 5.51. The van der Waals surface area contributed by atoms with Crippen LogP contribution in [0.5, 0.6) is 0 Å². The predicted octanol–water partition coefficient (Wildman–Crippen LogP) is 2.06. The van der Waals surface area contributed by atoms with Crippen molar-refractivity contribution in [2.24, 2.45) is 11.8 Å². The van der Waals surface area contributed by atoms with E-state index in [0.29, 0.717) is 24.7 Å². The molecule has 1 heterocycles. The molecule has 15 heavy (non-hydrogen) atoms. The lowest BCUT2D eigenvalue weighted by atomic mass is 9.70. The Morgan fingerprint density at radius 3 is 2.53 bits per heavy atom. The van der Waals surface area contributed by atoms with E-state index < -0.39 is 17.5 Å². The molecule has 2 atom stereocenters. The topological polar surface area (TPSA) is 55.8 Å². The van der Waals surface area contributed by atoms with E-state index in [1.54, 1.807) is 6.92 Å². The molecule has 0 radical (unpaired) electrons. The van der Waals surface area contributed by atoms with Crippen LogP contribution >= 0.6 is 0 Å². The van der Waals surface area contributed by atoms with Gasteiger partial charge in [0, 0.05) is 6.42 Å². The number of aliphatic hydroxyl groups is 1. The third kappa shape index (κ3) is 1.51. The van der Waals surface area contributed by atoms with E-state index in [9.17, 15) is 9.90 Å². The van der Waals surface area contributed by atoms with Crippen molar-refractivity contribution in [2.45, 2.75) is 51.4 Å². The zero-order valence-corrected chi connectivity index (χ0v) is 9.45. The molecule has 2 unspecified atom stereocenters.